The number of nitrogens with zero attached hydrogens (tertiary/aromatic N) is 2. The van der Waals surface area contributed by atoms with E-state index in [9.17, 15) is 10.4 Å². The van der Waals surface area contributed by atoms with Crippen molar-refractivity contribution in [2.45, 2.75) is 97.0 Å². The average Bonchev–Trinajstić information content (AvgIpc) is 3.17. The zero-order chi connectivity index (χ0) is 23.9. The minimum Gasteiger partial charge on any atom is -0.493 e. The predicted molar refractivity (Wildman–Crippen MR) is 134 cm³/mol. The molecule has 7 unspecified atom stereocenters. The minimum atomic E-state index is -0.900. The largest absolute Gasteiger partial charge is 0.493 e. The monoisotopic (exact) mass is 576 g/mol. The molecule has 1 aromatic carbocycles. The fraction of sp³-hybridized carbons (Fsp3) is 0.741. The number of methoxy groups -OCH3 is 2. The van der Waals surface area contributed by atoms with E-state index in [1.54, 1.807) is 7.11 Å². The van der Waals surface area contributed by atoms with Crippen LogP contribution >= 0.6 is 22.6 Å². The maximum Gasteiger partial charge on any atom is 0.180 e. The lowest BCUT2D eigenvalue weighted by atomic mass is 9.39. The number of benzene rings is 1. The van der Waals surface area contributed by atoms with Crippen molar-refractivity contribution >= 4 is 22.6 Å². The molecule has 1 aromatic rings. The Hall–Kier alpha value is -1.24. The Labute approximate surface area is 215 Å². The van der Waals surface area contributed by atoms with Gasteiger partial charge in [-0.3, -0.25) is 4.90 Å². The molecule has 2 heterocycles. The maximum absolute atomic E-state index is 12.2. The number of piperidine rings is 1. The minimum absolute atomic E-state index is 0.0656. The van der Waals surface area contributed by atoms with E-state index in [2.05, 4.69) is 46.7 Å². The van der Waals surface area contributed by atoms with E-state index >= 15 is 0 Å². The molecule has 4 saturated carbocycles. The van der Waals surface area contributed by atoms with Gasteiger partial charge in [-0.1, -0.05) is 42.0 Å². The number of ether oxygens (including phenoxy) is 3. The molecule has 1 saturated heterocycles. The number of alkyl halides is 1. The predicted octanol–water partition coefficient (Wildman–Crippen LogP) is 4.10. The Bertz CT molecular complexity index is 1150. The Morgan fingerprint density at radius 1 is 1.38 bits per heavy atom. The molecule has 8 rings (SSSR count). The summed E-state index contributed by atoms with van der Waals surface area (Å²) in [6, 6.07) is 4.45. The molecule has 5 fully saturated rings. The van der Waals surface area contributed by atoms with Crippen LogP contribution in [0.1, 0.15) is 63.5 Å². The highest BCUT2D eigenvalue weighted by molar-refractivity contribution is 14.1. The highest BCUT2D eigenvalue weighted by Gasteiger charge is 2.93. The summed E-state index contributed by atoms with van der Waals surface area (Å²) in [6.07, 6.45) is 8.96. The van der Waals surface area contributed by atoms with Crippen LogP contribution in [0.3, 0.4) is 0 Å². The van der Waals surface area contributed by atoms with Gasteiger partial charge in [0.2, 0.25) is 0 Å². The number of rotatable bonds is 6. The average molecular weight is 576 g/mol. The normalized spacial score (nSPS) is 46.1. The lowest BCUT2D eigenvalue weighted by Gasteiger charge is -2.68. The number of nitriles is 1. The molecule has 4 bridgehead atoms. The summed E-state index contributed by atoms with van der Waals surface area (Å²) in [5.41, 5.74) is 0.759. The molecule has 0 radical (unpaired) electrons. The van der Waals surface area contributed by atoms with Gasteiger partial charge < -0.3 is 19.3 Å². The van der Waals surface area contributed by atoms with E-state index in [-0.39, 0.29) is 38.4 Å². The van der Waals surface area contributed by atoms with Gasteiger partial charge in [-0.2, -0.15) is 5.26 Å². The molecule has 3 spiro atoms. The Kier molecular flexibility index (Phi) is 4.11. The number of aliphatic hydroxyl groups is 1. The fourth-order valence-electron chi connectivity index (χ4n) is 10.0. The highest BCUT2D eigenvalue weighted by Crippen LogP contribution is 2.85. The molecule has 0 amide bonds. The van der Waals surface area contributed by atoms with Crippen molar-refractivity contribution in [3.8, 4) is 17.7 Å². The summed E-state index contributed by atoms with van der Waals surface area (Å²) in [6.45, 7) is 4.20. The van der Waals surface area contributed by atoms with Crippen molar-refractivity contribution in [3.05, 3.63) is 23.3 Å². The third kappa shape index (κ3) is 1.96. The smallest absolute Gasteiger partial charge is 0.180 e. The third-order valence-electron chi connectivity index (χ3n) is 11.2. The molecule has 7 aliphatic rings. The molecule has 2 aliphatic heterocycles. The first kappa shape index (κ1) is 22.0. The first-order valence-electron chi connectivity index (χ1n) is 12.7. The van der Waals surface area contributed by atoms with Crippen LogP contribution in [0.25, 0.3) is 0 Å². The second-order valence-corrected chi connectivity index (χ2v) is 13.5. The molecule has 34 heavy (non-hydrogen) atoms. The van der Waals surface area contributed by atoms with E-state index in [4.69, 9.17) is 14.2 Å². The van der Waals surface area contributed by atoms with Gasteiger partial charge in [0.15, 0.2) is 17.7 Å². The summed E-state index contributed by atoms with van der Waals surface area (Å²) < 4.78 is 19.5. The molecule has 1 N–H and O–H groups in total. The molecular formula is C27H33IN2O4. The zero-order valence-corrected chi connectivity index (χ0v) is 22.5. The van der Waals surface area contributed by atoms with Gasteiger partial charge in [0.05, 0.1) is 24.3 Å². The first-order chi connectivity index (χ1) is 16.2. The van der Waals surface area contributed by atoms with Crippen LogP contribution < -0.4 is 9.47 Å². The van der Waals surface area contributed by atoms with Gasteiger partial charge in [0, 0.05) is 33.3 Å². The summed E-state index contributed by atoms with van der Waals surface area (Å²) in [7, 11) is 3.53. The quantitative estimate of drug-likeness (QED) is 0.238. The molecular weight excluding hydrogens is 543 g/mol. The van der Waals surface area contributed by atoms with Gasteiger partial charge in [0.1, 0.15) is 11.7 Å². The zero-order valence-electron chi connectivity index (χ0n) is 20.4. The lowest BCUT2D eigenvalue weighted by molar-refractivity contribution is -0.276. The third-order valence-corrected chi connectivity index (χ3v) is 13.0. The number of likely N-dealkylation sites (tertiary alicyclic amines) is 1. The van der Waals surface area contributed by atoms with E-state index in [1.807, 2.05) is 20.1 Å². The van der Waals surface area contributed by atoms with Crippen LogP contribution in [-0.2, 0) is 16.6 Å². The van der Waals surface area contributed by atoms with Crippen LogP contribution in [0.15, 0.2) is 12.1 Å². The number of hydrogen-bond acceptors (Lipinski definition) is 6. The van der Waals surface area contributed by atoms with Gasteiger partial charge in [-0.25, -0.2) is 0 Å². The van der Waals surface area contributed by atoms with Gasteiger partial charge in [0.25, 0.3) is 0 Å². The van der Waals surface area contributed by atoms with Crippen LogP contribution in [0.5, 0.6) is 11.5 Å². The fourth-order valence-corrected chi connectivity index (χ4v) is 11.1. The van der Waals surface area contributed by atoms with Crippen molar-refractivity contribution in [2.24, 2.45) is 11.3 Å². The van der Waals surface area contributed by atoms with E-state index in [0.717, 1.165) is 56.4 Å². The van der Waals surface area contributed by atoms with E-state index < -0.39 is 11.2 Å². The van der Waals surface area contributed by atoms with Crippen molar-refractivity contribution in [1.29, 1.82) is 5.26 Å². The molecule has 182 valence electrons. The van der Waals surface area contributed by atoms with Gasteiger partial charge in [-0.15, -0.1) is 0 Å². The van der Waals surface area contributed by atoms with Crippen molar-refractivity contribution < 1.29 is 19.3 Å². The molecule has 5 aliphatic carbocycles. The molecule has 0 aromatic heterocycles. The van der Waals surface area contributed by atoms with Crippen molar-refractivity contribution in [3.63, 3.8) is 0 Å². The number of hydrogen-bond donors (Lipinski definition) is 1. The Morgan fingerprint density at radius 3 is 2.85 bits per heavy atom. The number of halogens is 1. The second kappa shape index (κ2) is 6.36. The van der Waals surface area contributed by atoms with E-state index in [1.165, 1.54) is 11.1 Å². The summed E-state index contributed by atoms with van der Waals surface area (Å²) in [4.78, 5) is 2.10. The summed E-state index contributed by atoms with van der Waals surface area (Å²) in [5.74, 6) is 1.61. The van der Waals surface area contributed by atoms with Crippen molar-refractivity contribution in [1.82, 2.24) is 4.90 Å². The lowest BCUT2D eigenvalue weighted by Crippen LogP contribution is -2.77. The van der Waals surface area contributed by atoms with Gasteiger partial charge in [-0.05, 0) is 57.1 Å². The summed E-state index contributed by atoms with van der Waals surface area (Å²) >= 11 is 2.45. The van der Waals surface area contributed by atoms with E-state index in [0.29, 0.717) is 0 Å². The SMILES string of the molecule is CCCC(I)C(C)(O)C1CC23CCC1(OC)C1Oc4c(OC)ccc5c4[C@@]12C[C@]1(C5)C3N1C#N. The van der Waals surface area contributed by atoms with Gasteiger partial charge >= 0.3 is 0 Å². The first-order valence-corrected chi connectivity index (χ1v) is 14.0. The van der Waals surface area contributed by atoms with Crippen LogP contribution in [0, 0.1) is 22.8 Å². The Morgan fingerprint density at radius 2 is 2.18 bits per heavy atom. The maximum atomic E-state index is 12.2. The summed E-state index contributed by atoms with van der Waals surface area (Å²) in [5, 5.41) is 22.3. The number of fused-ring (bicyclic) bond motifs is 2. The Balaban J connectivity index is 1.49. The van der Waals surface area contributed by atoms with Crippen LogP contribution in [-0.4, -0.2) is 57.0 Å². The molecule has 6 nitrogen and oxygen atoms in total. The highest BCUT2D eigenvalue weighted by atomic mass is 127. The van der Waals surface area contributed by atoms with Crippen LogP contribution in [0.4, 0.5) is 0 Å². The molecule has 7 heteroatoms. The van der Waals surface area contributed by atoms with Crippen molar-refractivity contribution in [2.75, 3.05) is 14.2 Å². The standard InChI is InChI=1S/C27H33IN2O4/c1-5-6-18(28)23(2,31)17-12-24-9-10-27(17,33-4)22-26(24)13-25(21(24)30(25)14-29)11-15-7-8-16(32-3)20(34-22)19(15)26/h7-8,17-18,21-22,31H,5-6,9-13H2,1-4H3/t17?,18?,21?,22?,23?,24?,25-,26+,27?,30?/m1/s1. The topological polar surface area (TPSA) is 74.7 Å². The van der Waals surface area contributed by atoms with Crippen LogP contribution in [0.2, 0.25) is 0 Å². The second-order valence-electron chi connectivity index (χ2n) is 12.0. The molecule has 9 atom stereocenters.